The van der Waals surface area contributed by atoms with E-state index in [4.69, 9.17) is 4.74 Å². The molecular formula is C21H30N2O2. The third-order valence-corrected chi connectivity index (χ3v) is 5.16. The first-order valence-corrected chi connectivity index (χ1v) is 9.29. The van der Waals surface area contributed by atoms with Crippen LogP contribution < -0.4 is 5.32 Å². The lowest BCUT2D eigenvalue weighted by Crippen LogP contribution is -2.45. The summed E-state index contributed by atoms with van der Waals surface area (Å²) in [5.74, 6) is 0.458. The Morgan fingerprint density at radius 3 is 2.84 bits per heavy atom. The van der Waals surface area contributed by atoms with Gasteiger partial charge in [-0.15, -0.1) is 0 Å². The van der Waals surface area contributed by atoms with Crippen molar-refractivity contribution in [2.75, 3.05) is 13.2 Å². The number of ether oxygens (including phenoxy) is 1. The highest BCUT2D eigenvalue weighted by Gasteiger charge is 2.35. The molecule has 0 bridgehead atoms. The molecule has 2 heterocycles. The molecule has 0 saturated carbocycles. The van der Waals surface area contributed by atoms with Crippen LogP contribution in [0.1, 0.15) is 39.2 Å². The van der Waals surface area contributed by atoms with Crippen molar-refractivity contribution in [1.82, 2.24) is 9.88 Å². The normalized spacial score (nSPS) is 21.4. The Balaban J connectivity index is 1.62. The number of carbonyl (C=O) groups excluding carboxylic acids is 1. The van der Waals surface area contributed by atoms with Gasteiger partial charge in [0.15, 0.2) is 0 Å². The Labute approximate surface area is 150 Å². The number of nitrogens with zero attached hydrogens (tertiary/aromatic N) is 1. The maximum absolute atomic E-state index is 12.5. The predicted octanol–water partition coefficient (Wildman–Crippen LogP) is 3.91. The van der Waals surface area contributed by atoms with E-state index in [1.807, 2.05) is 16.7 Å². The van der Waals surface area contributed by atoms with E-state index >= 15 is 0 Å². The van der Waals surface area contributed by atoms with Crippen LogP contribution in [0.25, 0.3) is 10.9 Å². The Kier molecular flexibility index (Phi) is 5.19. The van der Waals surface area contributed by atoms with Crippen LogP contribution in [-0.4, -0.2) is 29.7 Å². The lowest BCUT2D eigenvalue weighted by molar-refractivity contribution is -0.123. The lowest BCUT2D eigenvalue weighted by Gasteiger charge is -2.40. The monoisotopic (exact) mass is 342 g/mol. The maximum atomic E-state index is 12.5. The van der Waals surface area contributed by atoms with Crippen molar-refractivity contribution in [2.24, 2.45) is 11.3 Å². The summed E-state index contributed by atoms with van der Waals surface area (Å²) in [5.41, 5.74) is 2.42. The summed E-state index contributed by atoms with van der Waals surface area (Å²) in [7, 11) is 0. The summed E-state index contributed by atoms with van der Waals surface area (Å²) in [6.07, 6.45) is 4.46. The van der Waals surface area contributed by atoms with Gasteiger partial charge in [-0.25, -0.2) is 0 Å². The highest BCUT2D eigenvalue weighted by Crippen LogP contribution is 2.33. The van der Waals surface area contributed by atoms with Crippen LogP contribution in [0.15, 0.2) is 30.5 Å². The molecule has 136 valence electrons. The average molecular weight is 342 g/mol. The summed E-state index contributed by atoms with van der Waals surface area (Å²) in [6.45, 7) is 10.6. The second kappa shape index (κ2) is 7.20. The zero-order chi connectivity index (χ0) is 18.0. The second-order valence-electron chi connectivity index (χ2n) is 8.32. The van der Waals surface area contributed by atoms with Gasteiger partial charge in [0, 0.05) is 36.2 Å². The Morgan fingerprint density at radius 1 is 1.32 bits per heavy atom. The van der Waals surface area contributed by atoms with Crippen molar-refractivity contribution in [1.29, 1.82) is 0 Å². The first-order valence-electron chi connectivity index (χ1n) is 9.29. The molecule has 1 aliphatic rings. The number of nitrogens with one attached hydrogen (secondary N) is 1. The molecule has 1 aromatic carbocycles. The number of aryl methyl sites for hydroxylation is 1. The fourth-order valence-electron chi connectivity index (χ4n) is 4.03. The Morgan fingerprint density at radius 2 is 2.08 bits per heavy atom. The van der Waals surface area contributed by atoms with E-state index in [1.165, 1.54) is 10.9 Å². The number of aromatic nitrogens is 1. The molecule has 1 amide bonds. The number of rotatable bonds is 4. The summed E-state index contributed by atoms with van der Waals surface area (Å²) in [5, 5.41) is 4.35. The highest BCUT2D eigenvalue weighted by molar-refractivity contribution is 5.85. The van der Waals surface area contributed by atoms with Gasteiger partial charge in [0.1, 0.15) is 6.54 Å². The van der Waals surface area contributed by atoms with Crippen LogP contribution in [0.3, 0.4) is 0 Å². The number of hydrogen-bond donors (Lipinski definition) is 1. The van der Waals surface area contributed by atoms with Crippen molar-refractivity contribution in [2.45, 2.75) is 53.2 Å². The van der Waals surface area contributed by atoms with Gasteiger partial charge in [-0.1, -0.05) is 39.0 Å². The molecule has 1 fully saturated rings. The van der Waals surface area contributed by atoms with Crippen LogP contribution in [-0.2, 0) is 16.1 Å². The van der Waals surface area contributed by atoms with Crippen molar-refractivity contribution < 1.29 is 9.53 Å². The fourth-order valence-corrected chi connectivity index (χ4v) is 4.03. The number of fused-ring (bicyclic) bond motifs is 1. The average Bonchev–Trinajstić information content (AvgIpc) is 2.89. The first-order chi connectivity index (χ1) is 11.9. The minimum Gasteiger partial charge on any atom is -0.377 e. The van der Waals surface area contributed by atoms with Crippen molar-refractivity contribution in [3.05, 3.63) is 36.0 Å². The van der Waals surface area contributed by atoms with E-state index in [-0.39, 0.29) is 17.4 Å². The number of para-hydroxylation sites is 1. The molecule has 25 heavy (non-hydrogen) atoms. The topological polar surface area (TPSA) is 43.3 Å². The van der Waals surface area contributed by atoms with E-state index in [1.54, 1.807) is 0 Å². The molecule has 4 heteroatoms. The minimum absolute atomic E-state index is 0.0685. The Hall–Kier alpha value is -1.81. The molecule has 0 spiro atoms. The predicted molar refractivity (Wildman–Crippen MR) is 102 cm³/mol. The number of carbonyl (C=O) groups is 1. The van der Waals surface area contributed by atoms with Gasteiger partial charge >= 0.3 is 0 Å². The van der Waals surface area contributed by atoms with Crippen molar-refractivity contribution in [3.8, 4) is 0 Å². The van der Waals surface area contributed by atoms with Crippen molar-refractivity contribution in [3.63, 3.8) is 0 Å². The number of hydrogen-bond acceptors (Lipinski definition) is 2. The van der Waals surface area contributed by atoms with Gasteiger partial charge < -0.3 is 14.6 Å². The number of amides is 1. The molecule has 2 atom stereocenters. The van der Waals surface area contributed by atoms with Gasteiger partial charge in [0.25, 0.3) is 0 Å². The zero-order valence-corrected chi connectivity index (χ0v) is 15.8. The molecule has 2 unspecified atom stereocenters. The van der Waals surface area contributed by atoms with E-state index in [0.29, 0.717) is 19.0 Å². The van der Waals surface area contributed by atoms with E-state index < -0.39 is 0 Å². The van der Waals surface area contributed by atoms with Gasteiger partial charge in [-0.3, -0.25) is 4.79 Å². The largest absolute Gasteiger partial charge is 0.377 e. The molecule has 1 saturated heterocycles. The maximum Gasteiger partial charge on any atom is 0.239 e. The lowest BCUT2D eigenvalue weighted by atomic mass is 9.78. The third-order valence-electron chi connectivity index (χ3n) is 5.16. The first kappa shape index (κ1) is 18.0. The molecule has 4 nitrogen and oxygen atoms in total. The molecule has 1 aliphatic heterocycles. The third kappa shape index (κ3) is 4.06. The summed E-state index contributed by atoms with van der Waals surface area (Å²) < 4.78 is 8.05. The summed E-state index contributed by atoms with van der Waals surface area (Å²) in [4.78, 5) is 12.5. The second-order valence-corrected chi connectivity index (χ2v) is 8.32. The SMILES string of the molecule is Cc1cn(CC(=O)NCC2CCCOC2C(C)(C)C)c2ccccc12. The van der Waals surface area contributed by atoms with Gasteiger partial charge in [-0.2, -0.15) is 0 Å². The van der Waals surface area contributed by atoms with E-state index in [2.05, 4.69) is 51.3 Å². The molecule has 0 aliphatic carbocycles. The molecule has 2 aromatic rings. The summed E-state index contributed by atoms with van der Waals surface area (Å²) >= 11 is 0. The van der Waals surface area contributed by atoms with Crippen LogP contribution in [0.4, 0.5) is 0 Å². The van der Waals surface area contributed by atoms with Crippen LogP contribution in [0, 0.1) is 18.3 Å². The molecule has 1 N–H and O–H groups in total. The van der Waals surface area contributed by atoms with Gasteiger partial charge in [0.05, 0.1) is 6.10 Å². The fraction of sp³-hybridized carbons (Fsp3) is 0.571. The highest BCUT2D eigenvalue weighted by atomic mass is 16.5. The molecule has 1 aromatic heterocycles. The zero-order valence-electron chi connectivity index (χ0n) is 15.8. The van der Waals surface area contributed by atoms with Crippen LogP contribution >= 0.6 is 0 Å². The van der Waals surface area contributed by atoms with E-state index in [9.17, 15) is 4.79 Å². The van der Waals surface area contributed by atoms with Gasteiger partial charge in [-0.05, 0) is 36.8 Å². The number of benzene rings is 1. The van der Waals surface area contributed by atoms with Crippen LogP contribution in [0.5, 0.6) is 0 Å². The Bertz CT molecular complexity index is 742. The van der Waals surface area contributed by atoms with E-state index in [0.717, 1.165) is 25.0 Å². The molecule has 3 rings (SSSR count). The smallest absolute Gasteiger partial charge is 0.239 e. The van der Waals surface area contributed by atoms with Crippen molar-refractivity contribution >= 4 is 16.8 Å². The summed E-state index contributed by atoms with van der Waals surface area (Å²) in [6, 6.07) is 8.23. The van der Waals surface area contributed by atoms with Crippen LogP contribution in [0.2, 0.25) is 0 Å². The minimum atomic E-state index is 0.0685. The van der Waals surface area contributed by atoms with Gasteiger partial charge in [0.2, 0.25) is 5.91 Å². The quantitative estimate of drug-likeness (QED) is 0.915. The molecular weight excluding hydrogens is 312 g/mol. The molecule has 0 radical (unpaired) electrons. The standard InChI is InChI=1S/C21H30N2O2/c1-15-13-23(18-10-6-5-9-17(15)18)14-19(24)22-12-16-8-7-11-25-20(16)21(2,3)4/h5-6,9-10,13,16,20H,7-8,11-12,14H2,1-4H3,(H,22,24).